The summed E-state index contributed by atoms with van der Waals surface area (Å²) in [4.78, 5) is 0. The molecule has 88 valence electrons. The van der Waals surface area contributed by atoms with Crippen LogP contribution < -0.4 is 10.6 Å². The zero-order valence-corrected chi connectivity index (χ0v) is 11.0. The van der Waals surface area contributed by atoms with Gasteiger partial charge in [0.1, 0.15) is 0 Å². The van der Waals surface area contributed by atoms with Crippen LogP contribution in [-0.4, -0.2) is 17.2 Å². The van der Waals surface area contributed by atoms with Gasteiger partial charge in [0.15, 0.2) is 5.11 Å². The summed E-state index contributed by atoms with van der Waals surface area (Å²) >= 11 is 5.25. The zero-order chi connectivity index (χ0) is 11.3. The monoisotopic (exact) mass is 228 g/mol. The molecular weight excluding hydrogens is 204 g/mol. The number of rotatable bonds is 3. The predicted octanol–water partition coefficient (Wildman–Crippen LogP) is 2.83. The summed E-state index contributed by atoms with van der Waals surface area (Å²) in [6, 6.07) is 0.938. The Kier molecular flexibility index (Phi) is 5.37. The zero-order valence-electron chi connectivity index (χ0n) is 10.2. The first-order chi connectivity index (χ1) is 7.09. The fourth-order valence-corrected chi connectivity index (χ4v) is 2.68. The van der Waals surface area contributed by atoms with Crippen LogP contribution in [0.5, 0.6) is 0 Å². The molecule has 1 saturated carbocycles. The van der Waals surface area contributed by atoms with Crippen LogP contribution in [0, 0.1) is 5.92 Å². The SMILES string of the molecule is CC(C)NC(=S)NC(C)C1CCCCC1. The van der Waals surface area contributed by atoms with E-state index in [9.17, 15) is 0 Å². The maximum absolute atomic E-state index is 5.25. The fourth-order valence-electron chi connectivity index (χ4n) is 2.26. The topological polar surface area (TPSA) is 24.1 Å². The molecular formula is C12H24N2S. The lowest BCUT2D eigenvalue weighted by Gasteiger charge is -2.29. The highest BCUT2D eigenvalue weighted by Crippen LogP contribution is 2.26. The largest absolute Gasteiger partial charge is 0.361 e. The van der Waals surface area contributed by atoms with Gasteiger partial charge in [-0.1, -0.05) is 19.3 Å². The van der Waals surface area contributed by atoms with Gasteiger partial charge in [0.25, 0.3) is 0 Å². The highest BCUT2D eigenvalue weighted by Gasteiger charge is 2.20. The molecule has 1 rings (SSSR count). The first kappa shape index (κ1) is 12.8. The minimum absolute atomic E-state index is 0.420. The Hall–Kier alpha value is -0.310. The van der Waals surface area contributed by atoms with Crippen molar-refractivity contribution in [3.05, 3.63) is 0 Å². The van der Waals surface area contributed by atoms with Crippen molar-refractivity contribution in [3.63, 3.8) is 0 Å². The van der Waals surface area contributed by atoms with Crippen LogP contribution in [0.25, 0.3) is 0 Å². The van der Waals surface area contributed by atoms with Crippen LogP contribution in [0.3, 0.4) is 0 Å². The van der Waals surface area contributed by atoms with Crippen LogP contribution in [0.4, 0.5) is 0 Å². The lowest BCUT2D eigenvalue weighted by atomic mass is 9.85. The third-order valence-corrected chi connectivity index (χ3v) is 3.37. The van der Waals surface area contributed by atoms with Gasteiger partial charge in [-0.3, -0.25) is 0 Å². The summed E-state index contributed by atoms with van der Waals surface area (Å²) in [6.45, 7) is 6.48. The van der Waals surface area contributed by atoms with Crippen molar-refractivity contribution >= 4 is 17.3 Å². The first-order valence-electron chi connectivity index (χ1n) is 6.16. The molecule has 0 aromatic rings. The van der Waals surface area contributed by atoms with E-state index in [1.54, 1.807) is 0 Å². The maximum Gasteiger partial charge on any atom is 0.166 e. The van der Waals surface area contributed by atoms with Crippen molar-refractivity contribution in [2.24, 2.45) is 5.92 Å². The molecule has 1 fully saturated rings. The second-order valence-corrected chi connectivity index (χ2v) is 5.37. The minimum atomic E-state index is 0.420. The van der Waals surface area contributed by atoms with E-state index < -0.39 is 0 Å². The summed E-state index contributed by atoms with van der Waals surface area (Å²) in [6.07, 6.45) is 6.91. The van der Waals surface area contributed by atoms with E-state index in [4.69, 9.17) is 12.2 Å². The predicted molar refractivity (Wildman–Crippen MR) is 70.0 cm³/mol. The summed E-state index contributed by atoms with van der Waals surface area (Å²) in [7, 11) is 0. The molecule has 1 aliphatic rings. The summed E-state index contributed by atoms with van der Waals surface area (Å²) in [5, 5.41) is 7.44. The van der Waals surface area contributed by atoms with Crippen molar-refractivity contribution in [1.29, 1.82) is 0 Å². The van der Waals surface area contributed by atoms with Gasteiger partial charge in [0.05, 0.1) is 0 Å². The Labute approximate surface area is 99.2 Å². The average Bonchev–Trinajstić information content (AvgIpc) is 2.17. The minimum Gasteiger partial charge on any atom is -0.361 e. The standard InChI is InChI=1S/C12H24N2S/c1-9(2)13-12(15)14-10(3)11-7-5-4-6-8-11/h9-11H,4-8H2,1-3H3,(H2,13,14,15). The number of hydrogen-bond donors (Lipinski definition) is 2. The lowest BCUT2D eigenvalue weighted by Crippen LogP contribution is -2.46. The second kappa shape index (κ2) is 6.31. The molecule has 1 aliphatic carbocycles. The molecule has 0 heterocycles. The molecule has 1 unspecified atom stereocenters. The molecule has 15 heavy (non-hydrogen) atoms. The molecule has 0 aliphatic heterocycles. The molecule has 2 N–H and O–H groups in total. The smallest absolute Gasteiger partial charge is 0.166 e. The molecule has 0 saturated heterocycles. The van der Waals surface area contributed by atoms with Gasteiger partial charge >= 0.3 is 0 Å². The maximum atomic E-state index is 5.25. The van der Waals surface area contributed by atoms with E-state index >= 15 is 0 Å². The molecule has 3 heteroatoms. The van der Waals surface area contributed by atoms with E-state index in [2.05, 4.69) is 31.4 Å². The summed E-state index contributed by atoms with van der Waals surface area (Å²) in [5.41, 5.74) is 0. The van der Waals surface area contributed by atoms with Crippen LogP contribution in [0.15, 0.2) is 0 Å². The fraction of sp³-hybridized carbons (Fsp3) is 0.917. The molecule has 0 spiro atoms. The Morgan fingerprint density at radius 2 is 1.67 bits per heavy atom. The van der Waals surface area contributed by atoms with E-state index in [1.165, 1.54) is 32.1 Å². The van der Waals surface area contributed by atoms with Crippen molar-refractivity contribution < 1.29 is 0 Å². The van der Waals surface area contributed by atoms with Gasteiger partial charge < -0.3 is 10.6 Å². The van der Waals surface area contributed by atoms with Crippen LogP contribution >= 0.6 is 12.2 Å². The van der Waals surface area contributed by atoms with Gasteiger partial charge in [-0.05, 0) is 51.7 Å². The van der Waals surface area contributed by atoms with E-state index in [0.29, 0.717) is 12.1 Å². The lowest BCUT2D eigenvalue weighted by molar-refractivity contribution is 0.301. The van der Waals surface area contributed by atoms with Crippen molar-refractivity contribution in [2.75, 3.05) is 0 Å². The second-order valence-electron chi connectivity index (χ2n) is 4.96. The Morgan fingerprint density at radius 3 is 2.20 bits per heavy atom. The highest BCUT2D eigenvalue weighted by molar-refractivity contribution is 7.80. The van der Waals surface area contributed by atoms with Gasteiger partial charge in [0, 0.05) is 12.1 Å². The molecule has 0 aromatic carbocycles. The van der Waals surface area contributed by atoms with Gasteiger partial charge in [0.2, 0.25) is 0 Å². The molecule has 0 aromatic heterocycles. The van der Waals surface area contributed by atoms with E-state index in [1.807, 2.05) is 0 Å². The number of nitrogens with one attached hydrogen (secondary N) is 2. The highest BCUT2D eigenvalue weighted by atomic mass is 32.1. The third-order valence-electron chi connectivity index (χ3n) is 3.14. The molecule has 0 radical (unpaired) electrons. The van der Waals surface area contributed by atoms with Gasteiger partial charge in [-0.15, -0.1) is 0 Å². The normalized spacial score (nSPS) is 20.0. The summed E-state index contributed by atoms with van der Waals surface area (Å²) < 4.78 is 0. The van der Waals surface area contributed by atoms with Crippen molar-refractivity contribution in [1.82, 2.24) is 10.6 Å². The van der Waals surface area contributed by atoms with Crippen molar-refractivity contribution in [3.8, 4) is 0 Å². The number of thiocarbonyl (C=S) groups is 1. The summed E-state index contributed by atoms with van der Waals surface area (Å²) in [5.74, 6) is 0.811. The first-order valence-corrected chi connectivity index (χ1v) is 6.57. The Balaban J connectivity index is 2.27. The van der Waals surface area contributed by atoms with E-state index in [0.717, 1.165) is 11.0 Å². The van der Waals surface area contributed by atoms with E-state index in [-0.39, 0.29) is 0 Å². The molecule has 1 atom stereocenters. The Morgan fingerprint density at radius 1 is 1.07 bits per heavy atom. The Bertz CT molecular complexity index is 198. The van der Waals surface area contributed by atoms with Crippen LogP contribution in [-0.2, 0) is 0 Å². The van der Waals surface area contributed by atoms with Crippen LogP contribution in [0.1, 0.15) is 52.9 Å². The number of hydrogen-bond acceptors (Lipinski definition) is 1. The molecule has 2 nitrogen and oxygen atoms in total. The van der Waals surface area contributed by atoms with Gasteiger partial charge in [-0.25, -0.2) is 0 Å². The molecule has 0 amide bonds. The molecule has 0 bridgehead atoms. The van der Waals surface area contributed by atoms with Gasteiger partial charge in [-0.2, -0.15) is 0 Å². The average molecular weight is 228 g/mol. The van der Waals surface area contributed by atoms with Crippen molar-refractivity contribution in [2.45, 2.75) is 65.0 Å². The third kappa shape index (κ3) is 4.83. The van der Waals surface area contributed by atoms with Crippen LogP contribution in [0.2, 0.25) is 0 Å². The quantitative estimate of drug-likeness (QED) is 0.726.